The molecule has 0 fully saturated rings. The average molecular weight is 358 g/mol. The highest BCUT2D eigenvalue weighted by Crippen LogP contribution is 2.37. The van der Waals surface area contributed by atoms with Gasteiger partial charge in [-0.25, -0.2) is 13.2 Å². The number of rotatable bonds is 4. The number of aryl methyl sites for hydroxylation is 1. The maximum atomic E-state index is 12.7. The van der Waals surface area contributed by atoms with E-state index < -0.39 is 21.4 Å². The number of thiophene rings is 1. The molecular formula is C13H18N4O4S2. The van der Waals surface area contributed by atoms with Gasteiger partial charge in [-0.15, -0.1) is 16.4 Å². The molecule has 0 amide bonds. The van der Waals surface area contributed by atoms with Crippen LogP contribution >= 0.6 is 11.3 Å². The van der Waals surface area contributed by atoms with Gasteiger partial charge in [-0.3, -0.25) is 9.40 Å². The molecule has 2 heterocycles. The molecule has 2 N–H and O–H groups in total. The Morgan fingerprint density at radius 2 is 2.00 bits per heavy atom. The summed E-state index contributed by atoms with van der Waals surface area (Å²) in [5, 5.41) is 16.7. The van der Waals surface area contributed by atoms with Crippen LogP contribution < -0.4 is 4.72 Å². The van der Waals surface area contributed by atoms with Gasteiger partial charge in [0.2, 0.25) is 0 Å². The Morgan fingerprint density at radius 1 is 1.39 bits per heavy atom. The van der Waals surface area contributed by atoms with E-state index >= 15 is 0 Å². The number of nitrogens with one attached hydrogen (secondary N) is 1. The summed E-state index contributed by atoms with van der Waals surface area (Å²) in [5.41, 5.74) is 0.0411. The Balaban J connectivity index is 2.55. The Bertz CT molecular complexity index is 859. The monoisotopic (exact) mass is 358 g/mol. The molecule has 0 radical (unpaired) electrons. The molecule has 2 aromatic rings. The second-order valence-corrected chi connectivity index (χ2v) is 8.81. The molecule has 0 aliphatic carbocycles. The molecule has 0 aromatic carbocycles. The molecule has 0 bridgehead atoms. The van der Waals surface area contributed by atoms with E-state index in [1.54, 1.807) is 14.0 Å². The summed E-state index contributed by atoms with van der Waals surface area (Å²) in [4.78, 5) is 11.6. The van der Waals surface area contributed by atoms with Crippen LogP contribution in [0, 0.1) is 6.92 Å². The number of carboxylic acids is 1. The van der Waals surface area contributed by atoms with Crippen LogP contribution in [0.3, 0.4) is 0 Å². The zero-order valence-corrected chi connectivity index (χ0v) is 15.0. The molecule has 0 unspecified atom stereocenters. The molecule has 0 atom stereocenters. The van der Waals surface area contributed by atoms with Crippen molar-refractivity contribution in [1.82, 2.24) is 15.0 Å². The largest absolute Gasteiger partial charge is 0.477 e. The highest BCUT2D eigenvalue weighted by molar-refractivity contribution is 7.93. The van der Waals surface area contributed by atoms with Crippen LogP contribution in [0.5, 0.6) is 0 Å². The predicted octanol–water partition coefficient (Wildman–Crippen LogP) is 1.98. The van der Waals surface area contributed by atoms with Gasteiger partial charge in [0, 0.05) is 11.9 Å². The van der Waals surface area contributed by atoms with Crippen LogP contribution in [0.25, 0.3) is 0 Å². The maximum Gasteiger partial charge on any atom is 0.345 e. The molecule has 2 rings (SSSR count). The highest BCUT2D eigenvalue weighted by atomic mass is 32.2. The first kappa shape index (κ1) is 17.4. The van der Waals surface area contributed by atoms with E-state index in [4.69, 9.17) is 5.11 Å². The normalized spacial score (nSPS) is 12.4. The van der Waals surface area contributed by atoms with Crippen LogP contribution in [0.2, 0.25) is 0 Å². The Hall–Kier alpha value is -1.94. The van der Waals surface area contributed by atoms with Crippen molar-refractivity contribution in [1.29, 1.82) is 0 Å². The SMILES string of the molecule is Cc1c(NS(=O)(=O)c2cc(C(=O)O)sc2C(C)(C)C)nnn1C. The number of carboxylic acid groups (broad SMARTS) is 1. The van der Waals surface area contributed by atoms with E-state index in [0.717, 1.165) is 11.3 Å². The number of hydrogen-bond acceptors (Lipinski definition) is 6. The quantitative estimate of drug-likeness (QED) is 0.864. The van der Waals surface area contributed by atoms with E-state index in [2.05, 4.69) is 15.0 Å². The second-order valence-electron chi connectivity index (χ2n) is 6.11. The lowest BCUT2D eigenvalue weighted by Gasteiger charge is -2.18. The minimum atomic E-state index is -3.97. The third-order valence-electron chi connectivity index (χ3n) is 3.22. The van der Waals surface area contributed by atoms with E-state index in [-0.39, 0.29) is 15.6 Å². The lowest BCUT2D eigenvalue weighted by molar-refractivity contribution is 0.0702. The van der Waals surface area contributed by atoms with Crippen molar-refractivity contribution >= 4 is 33.1 Å². The maximum absolute atomic E-state index is 12.7. The summed E-state index contributed by atoms with van der Waals surface area (Å²) in [6.45, 7) is 7.17. The third-order valence-corrected chi connectivity index (χ3v) is 6.26. The first-order valence-electron chi connectivity index (χ1n) is 6.70. The Labute approximate surface area is 138 Å². The van der Waals surface area contributed by atoms with Crippen LogP contribution in [0.15, 0.2) is 11.0 Å². The fourth-order valence-electron chi connectivity index (χ4n) is 1.88. The number of nitrogens with zero attached hydrogens (tertiary/aromatic N) is 3. The summed E-state index contributed by atoms with van der Waals surface area (Å²) in [6, 6.07) is 1.18. The zero-order chi connectivity index (χ0) is 17.6. The Morgan fingerprint density at radius 3 is 2.43 bits per heavy atom. The van der Waals surface area contributed by atoms with Crippen molar-refractivity contribution in [3.8, 4) is 0 Å². The van der Waals surface area contributed by atoms with Crippen molar-refractivity contribution in [2.45, 2.75) is 38.0 Å². The minimum Gasteiger partial charge on any atom is -0.477 e. The fourth-order valence-corrected chi connectivity index (χ4v) is 4.74. The van der Waals surface area contributed by atoms with Crippen molar-refractivity contribution in [3.63, 3.8) is 0 Å². The van der Waals surface area contributed by atoms with Crippen molar-refractivity contribution in [3.05, 3.63) is 21.5 Å². The van der Waals surface area contributed by atoms with Crippen LogP contribution in [0.4, 0.5) is 5.82 Å². The van der Waals surface area contributed by atoms with Gasteiger partial charge < -0.3 is 5.11 Å². The number of sulfonamides is 1. The lowest BCUT2D eigenvalue weighted by Crippen LogP contribution is -2.19. The molecule has 0 aliphatic heterocycles. The fraction of sp³-hybridized carbons (Fsp3) is 0.462. The van der Waals surface area contributed by atoms with E-state index in [9.17, 15) is 13.2 Å². The van der Waals surface area contributed by atoms with Gasteiger partial charge in [-0.05, 0) is 18.4 Å². The molecule has 10 heteroatoms. The summed E-state index contributed by atoms with van der Waals surface area (Å²) in [7, 11) is -2.32. The third kappa shape index (κ3) is 3.37. The smallest absolute Gasteiger partial charge is 0.345 e. The molecule has 0 aliphatic rings. The van der Waals surface area contributed by atoms with E-state index in [0.29, 0.717) is 10.6 Å². The number of aromatic carboxylic acids is 1. The van der Waals surface area contributed by atoms with Gasteiger partial charge >= 0.3 is 5.97 Å². The second kappa shape index (κ2) is 5.60. The number of carbonyl (C=O) groups is 1. The van der Waals surface area contributed by atoms with Gasteiger partial charge in [0.15, 0.2) is 5.82 Å². The van der Waals surface area contributed by atoms with Gasteiger partial charge in [0.1, 0.15) is 9.77 Å². The lowest BCUT2D eigenvalue weighted by atomic mass is 9.95. The molecule has 0 saturated carbocycles. The van der Waals surface area contributed by atoms with Gasteiger partial charge in [0.05, 0.1) is 5.69 Å². The number of hydrogen-bond donors (Lipinski definition) is 2. The first-order valence-corrected chi connectivity index (χ1v) is 9.00. The Kier molecular flexibility index (Phi) is 4.24. The van der Waals surface area contributed by atoms with Crippen LogP contribution in [0.1, 0.15) is 41.0 Å². The molecule has 126 valence electrons. The summed E-state index contributed by atoms with van der Waals surface area (Å²) in [6.07, 6.45) is 0. The predicted molar refractivity (Wildman–Crippen MR) is 86.5 cm³/mol. The van der Waals surface area contributed by atoms with Gasteiger partial charge in [-0.1, -0.05) is 26.0 Å². The van der Waals surface area contributed by atoms with Crippen molar-refractivity contribution in [2.75, 3.05) is 4.72 Å². The number of anilines is 1. The van der Waals surface area contributed by atoms with Gasteiger partial charge in [0.25, 0.3) is 10.0 Å². The molecular weight excluding hydrogens is 340 g/mol. The summed E-state index contributed by atoms with van der Waals surface area (Å²) < 4.78 is 29.2. The first-order chi connectivity index (χ1) is 10.4. The van der Waals surface area contributed by atoms with Crippen molar-refractivity contribution in [2.24, 2.45) is 7.05 Å². The zero-order valence-electron chi connectivity index (χ0n) is 13.4. The highest BCUT2D eigenvalue weighted by Gasteiger charge is 2.31. The molecule has 0 saturated heterocycles. The van der Waals surface area contributed by atoms with E-state index in [1.165, 1.54) is 10.7 Å². The molecule has 23 heavy (non-hydrogen) atoms. The summed E-state index contributed by atoms with van der Waals surface area (Å²) >= 11 is 0.961. The summed E-state index contributed by atoms with van der Waals surface area (Å²) in [5.74, 6) is -1.03. The molecule has 8 nitrogen and oxygen atoms in total. The minimum absolute atomic E-state index is 0.0221. The van der Waals surface area contributed by atoms with E-state index in [1.807, 2.05) is 20.8 Å². The average Bonchev–Trinajstić information content (AvgIpc) is 2.98. The molecule has 0 spiro atoms. The topological polar surface area (TPSA) is 114 Å². The standard InChI is InChI=1S/C13H18N4O4S2/c1-7-11(14-16-17(7)5)15-23(20,21)9-6-8(12(18)19)22-10(9)13(2,3)4/h6,15H,1-5H3,(H,18,19). The number of aromatic nitrogens is 3. The van der Waals surface area contributed by atoms with Gasteiger partial charge in [-0.2, -0.15) is 0 Å². The van der Waals surface area contributed by atoms with Crippen molar-refractivity contribution < 1.29 is 18.3 Å². The molecule has 2 aromatic heterocycles. The van der Waals surface area contributed by atoms with Crippen LogP contribution in [-0.2, 0) is 22.5 Å². The van der Waals surface area contributed by atoms with Crippen LogP contribution in [-0.4, -0.2) is 34.5 Å².